The van der Waals surface area contributed by atoms with Crippen molar-refractivity contribution in [1.29, 1.82) is 0 Å². The average Bonchev–Trinajstić information content (AvgIpc) is 2.94. The summed E-state index contributed by atoms with van der Waals surface area (Å²) in [7, 11) is 0. The Morgan fingerprint density at radius 2 is 1.57 bits per heavy atom. The predicted molar refractivity (Wildman–Crippen MR) is 89.0 cm³/mol. The van der Waals surface area contributed by atoms with E-state index in [1.165, 1.54) is 0 Å². The minimum Gasteiger partial charge on any atom is -0.296 e. The molecule has 0 aliphatic heterocycles. The van der Waals surface area contributed by atoms with Crippen molar-refractivity contribution in [1.82, 2.24) is 9.38 Å². The molecular formula is C19H18N2O2. The fourth-order valence-corrected chi connectivity index (χ4v) is 2.56. The van der Waals surface area contributed by atoms with Crippen LogP contribution in [0.15, 0.2) is 54.7 Å². The lowest BCUT2D eigenvalue weighted by molar-refractivity contribution is 0.0812. The van der Waals surface area contributed by atoms with Crippen LogP contribution in [0.1, 0.15) is 47.3 Å². The molecule has 0 saturated heterocycles. The second kappa shape index (κ2) is 5.47. The van der Waals surface area contributed by atoms with Crippen molar-refractivity contribution >= 4 is 17.2 Å². The summed E-state index contributed by atoms with van der Waals surface area (Å²) in [5.41, 5.74) is 1.71. The predicted octanol–water partition coefficient (Wildman–Crippen LogP) is 3.70. The summed E-state index contributed by atoms with van der Waals surface area (Å²) in [4.78, 5) is 30.0. The Kier molecular flexibility index (Phi) is 3.60. The summed E-state index contributed by atoms with van der Waals surface area (Å²) in [6, 6.07) is 14.1. The topological polar surface area (TPSA) is 51.4 Å². The van der Waals surface area contributed by atoms with Gasteiger partial charge in [0.1, 0.15) is 11.3 Å². The maximum Gasteiger partial charge on any atom is 0.252 e. The zero-order valence-corrected chi connectivity index (χ0v) is 13.4. The van der Waals surface area contributed by atoms with Gasteiger partial charge in [-0.25, -0.2) is 4.98 Å². The van der Waals surface area contributed by atoms with Crippen molar-refractivity contribution in [3.63, 3.8) is 0 Å². The smallest absolute Gasteiger partial charge is 0.252 e. The molecule has 2 heterocycles. The summed E-state index contributed by atoms with van der Waals surface area (Å²) in [6.45, 7) is 5.95. The lowest BCUT2D eigenvalue weighted by Gasteiger charge is -2.17. The third-order valence-electron chi connectivity index (χ3n) is 3.70. The number of imidazole rings is 1. The van der Waals surface area contributed by atoms with E-state index >= 15 is 0 Å². The first-order valence-corrected chi connectivity index (χ1v) is 7.51. The van der Waals surface area contributed by atoms with Gasteiger partial charge in [-0.2, -0.15) is 0 Å². The van der Waals surface area contributed by atoms with E-state index in [2.05, 4.69) is 4.98 Å². The van der Waals surface area contributed by atoms with Crippen LogP contribution in [-0.4, -0.2) is 21.0 Å². The number of pyridine rings is 1. The van der Waals surface area contributed by atoms with Crippen LogP contribution >= 0.6 is 0 Å². The number of aromatic nitrogens is 2. The van der Waals surface area contributed by atoms with E-state index in [-0.39, 0.29) is 5.41 Å². The summed E-state index contributed by atoms with van der Waals surface area (Å²) in [5, 5.41) is 0. The minimum absolute atomic E-state index is 0.339. The van der Waals surface area contributed by atoms with E-state index in [1.54, 1.807) is 34.9 Å². The van der Waals surface area contributed by atoms with Crippen LogP contribution in [0.5, 0.6) is 0 Å². The molecule has 0 atom stereocenters. The number of hydrogen-bond acceptors (Lipinski definition) is 3. The fourth-order valence-electron chi connectivity index (χ4n) is 2.56. The number of Topliss-reactive ketones (excluding diaryl/α,β-unsaturated/α-hetero) is 2. The second-order valence-electron chi connectivity index (χ2n) is 6.51. The van der Waals surface area contributed by atoms with Gasteiger partial charge < -0.3 is 0 Å². The van der Waals surface area contributed by atoms with Gasteiger partial charge in [-0.3, -0.25) is 14.0 Å². The normalized spacial score (nSPS) is 11.6. The van der Waals surface area contributed by atoms with Gasteiger partial charge in [0.05, 0.1) is 5.69 Å². The molecule has 4 heteroatoms. The van der Waals surface area contributed by atoms with Crippen LogP contribution in [0.3, 0.4) is 0 Å². The first-order valence-electron chi connectivity index (χ1n) is 7.51. The molecule has 0 aliphatic rings. The zero-order valence-electron chi connectivity index (χ0n) is 13.4. The molecule has 3 rings (SSSR count). The van der Waals surface area contributed by atoms with Gasteiger partial charge in [-0.1, -0.05) is 57.2 Å². The summed E-state index contributed by atoms with van der Waals surface area (Å²) < 4.78 is 1.70. The van der Waals surface area contributed by atoms with Gasteiger partial charge in [0.25, 0.3) is 5.78 Å². The Morgan fingerprint density at radius 3 is 2.22 bits per heavy atom. The van der Waals surface area contributed by atoms with Crippen molar-refractivity contribution in [2.24, 2.45) is 0 Å². The first kappa shape index (κ1) is 15.2. The Bertz CT molecular complexity index is 887. The zero-order chi connectivity index (χ0) is 16.6. The highest BCUT2D eigenvalue weighted by Crippen LogP contribution is 2.27. The molecule has 0 amide bonds. The van der Waals surface area contributed by atoms with E-state index in [4.69, 9.17) is 0 Å². The average molecular weight is 306 g/mol. The first-order chi connectivity index (χ1) is 10.9. The van der Waals surface area contributed by atoms with E-state index in [9.17, 15) is 9.59 Å². The Balaban J connectivity index is 2.19. The Morgan fingerprint density at radius 1 is 0.913 bits per heavy atom. The molecule has 0 bridgehead atoms. The number of ketones is 2. The van der Waals surface area contributed by atoms with Crippen molar-refractivity contribution in [2.45, 2.75) is 26.2 Å². The maximum absolute atomic E-state index is 12.9. The molecule has 0 N–H and O–H groups in total. The third kappa shape index (κ3) is 2.68. The number of benzene rings is 1. The van der Waals surface area contributed by atoms with Crippen LogP contribution in [-0.2, 0) is 5.41 Å². The third-order valence-corrected chi connectivity index (χ3v) is 3.70. The molecule has 0 spiro atoms. The van der Waals surface area contributed by atoms with Gasteiger partial charge in [0.15, 0.2) is 0 Å². The molecule has 116 valence electrons. The molecule has 2 aromatic heterocycles. The standard InChI is InChI=1S/C19H18N2O2/c1-19(2,3)18-15(21-12-8-7-11-14(21)20-18)17(23)16(22)13-9-5-4-6-10-13/h4-12H,1-3H3. The van der Waals surface area contributed by atoms with Crippen molar-refractivity contribution in [2.75, 3.05) is 0 Å². The van der Waals surface area contributed by atoms with Crippen LogP contribution in [0, 0.1) is 0 Å². The number of nitrogens with zero attached hydrogens (tertiary/aromatic N) is 2. The van der Waals surface area contributed by atoms with Crippen molar-refractivity contribution < 1.29 is 9.59 Å². The number of fused-ring (bicyclic) bond motifs is 1. The lowest BCUT2D eigenvalue weighted by atomic mass is 9.88. The molecule has 3 aromatic rings. The second-order valence-corrected chi connectivity index (χ2v) is 6.51. The monoisotopic (exact) mass is 306 g/mol. The fraction of sp³-hybridized carbons (Fsp3) is 0.211. The molecule has 4 nitrogen and oxygen atoms in total. The molecule has 1 aromatic carbocycles. The van der Waals surface area contributed by atoms with Crippen LogP contribution in [0.4, 0.5) is 0 Å². The number of carbonyl (C=O) groups is 2. The van der Waals surface area contributed by atoms with Gasteiger partial charge in [0.2, 0.25) is 5.78 Å². The molecule has 0 saturated carbocycles. The molecule has 0 unspecified atom stereocenters. The van der Waals surface area contributed by atoms with Crippen LogP contribution in [0.2, 0.25) is 0 Å². The molecule has 0 aliphatic carbocycles. The highest BCUT2D eigenvalue weighted by molar-refractivity contribution is 6.49. The minimum atomic E-state index is -0.528. The Labute approximate surface area is 134 Å². The highest BCUT2D eigenvalue weighted by atomic mass is 16.2. The van der Waals surface area contributed by atoms with Gasteiger partial charge in [-0.05, 0) is 12.1 Å². The van der Waals surface area contributed by atoms with E-state index in [0.717, 1.165) is 0 Å². The quantitative estimate of drug-likeness (QED) is 0.547. The maximum atomic E-state index is 12.9. The van der Waals surface area contributed by atoms with Gasteiger partial charge in [-0.15, -0.1) is 0 Å². The molecule has 23 heavy (non-hydrogen) atoms. The SMILES string of the molecule is CC(C)(C)c1nc2ccccn2c1C(=O)C(=O)c1ccccc1. The van der Waals surface area contributed by atoms with Gasteiger partial charge >= 0.3 is 0 Å². The van der Waals surface area contributed by atoms with Crippen molar-refractivity contribution in [3.8, 4) is 0 Å². The summed E-state index contributed by atoms with van der Waals surface area (Å²) >= 11 is 0. The molecule has 0 fully saturated rings. The van der Waals surface area contributed by atoms with Crippen molar-refractivity contribution in [3.05, 3.63) is 71.7 Å². The number of carbonyl (C=O) groups excluding carboxylic acids is 2. The lowest BCUT2D eigenvalue weighted by Crippen LogP contribution is -2.23. The van der Waals surface area contributed by atoms with E-state index < -0.39 is 11.6 Å². The molecular weight excluding hydrogens is 288 g/mol. The summed E-state index contributed by atoms with van der Waals surface area (Å²) in [6.07, 6.45) is 1.77. The highest BCUT2D eigenvalue weighted by Gasteiger charge is 2.31. The van der Waals surface area contributed by atoms with Crippen LogP contribution < -0.4 is 0 Å². The molecule has 0 radical (unpaired) electrons. The largest absolute Gasteiger partial charge is 0.296 e. The number of rotatable bonds is 3. The van der Waals surface area contributed by atoms with E-state index in [0.29, 0.717) is 22.6 Å². The van der Waals surface area contributed by atoms with Crippen LogP contribution in [0.25, 0.3) is 5.65 Å². The van der Waals surface area contributed by atoms with E-state index in [1.807, 2.05) is 45.0 Å². The number of hydrogen-bond donors (Lipinski definition) is 0. The Hall–Kier alpha value is -2.75. The van der Waals surface area contributed by atoms with Gasteiger partial charge in [0, 0.05) is 17.2 Å². The summed E-state index contributed by atoms with van der Waals surface area (Å²) in [5.74, 6) is -1.04.